The molecule has 0 saturated carbocycles. The highest BCUT2D eigenvalue weighted by Crippen LogP contribution is 2.25. The van der Waals surface area contributed by atoms with Crippen LogP contribution in [0.25, 0.3) is 0 Å². The Morgan fingerprint density at radius 2 is 2.14 bits per heavy atom. The van der Waals surface area contributed by atoms with Crippen molar-refractivity contribution in [1.29, 1.82) is 0 Å². The predicted octanol–water partition coefficient (Wildman–Crippen LogP) is 3.27. The second kappa shape index (κ2) is 8.13. The predicted molar refractivity (Wildman–Crippen MR) is 85.3 cm³/mol. The highest BCUT2D eigenvalue weighted by molar-refractivity contribution is 5.17. The monoisotopic (exact) mass is 289 g/mol. The summed E-state index contributed by atoms with van der Waals surface area (Å²) in [4.78, 5) is 8.81. The van der Waals surface area contributed by atoms with Gasteiger partial charge in [0, 0.05) is 24.0 Å². The topological polar surface area (TPSA) is 47.0 Å². The number of nitrogens with one attached hydrogen (secondary N) is 1. The van der Waals surface area contributed by atoms with Crippen LogP contribution < -0.4 is 10.1 Å². The van der Waals surface area contributed by atoms with E-state index in [1.165, 1.54) is 0 Å². The van der Waals surface area contributed by atoms with Crippen LogP contribution >= 0.6 is 0 Å². The first kappa shape index (κ1) is 16.0. The summed E-state index contributed by atoms with van der Waals surface area (Å²) < 4.78 is 5.80. The first-order valence-electron chi connectivity index (χ1n) is 8.01. The summed E-state index contributed by atoms with van der Waals surface area (Å²) in [6.07, 6.45) is 9.78. The first-order chi connectivity index (χ1) is 10.2. The highest BCUT2D eigenvalue weighted by Gasteiger charge is 2.19. The second-order valence-electron chi connectivity index (χ2n) is 5.93. The molecular weight excluding hydrogens is 262 g/mol. The van der Waals surface area contributed by atoms with Crippen LogP contribution in [0.15, 0.2) is 18.3 Å². The van der Waals surface area contributed by atoms with E-state index in [1.807, 2.05) is 13.1 Å². The third-order valence-corrected chi connectivity index (χ3v) is 4.15. The Morgan fingerprint density at radius 3 is 2.86 bits per heavy atom. The summed E-state index contributed by atoms with van der Waals surface area (Å²) in [7, 11) is 0. The third-order valence-electron chi connectivity index (χ3n) is 4.15. The molecule has 4 nitrogen and oxygen atoms in total. The van der Waals surface area contributed by atoms with E-state index in [4.69, 9.17) is 4.74 Å². The molecule has 0 radical (unpaired) electrons. The van der Waals surface area contributed by atoms with Gasteiger partial charge in [0.15, 0.2) is 0 Å². The smallest absolute Gasteiger partial charge is 0.316 e. The van der Waals surface area contributed by atoms with Crippen molar-refractivity contribution < 1.29 is 4.74 Å². The number of aromatic nitrogens is 2. The molecular formula is C17H27N3O. The number of hydrogen-bond acceptors (Lipinski definition) is 4. The second-order valence-corrected chi connectivity index (χ2v) is 5.93. The average molecular weight is 289 g/mol. The molecule has 1 heterocycles. The van der Waals surface area contributed by atoms with Gasteiger partial charge in [-0.3, -0.25) is 0 Å². The maximum absolute atomic E-state index is 5.80. The van der Waals surface area contributed by atoms with Crippen molar-refractivity contribution in [2.45, 2.75) is 46.6 Å². The molecule has 0 bridgehead atoms. The number of allylic oxidation sites excluding steroid dienone is 2. The molecule has 1 N–H and O–H groups in total. The van der Waals surface area contributed by atoms with Crippen LogP contribution in [-0.2, 0) is 6.54 Å². The summed E-state index contributed by atoms with van der Waals surface area (Å²) in [5, 5.41) is 3.37. The Labute approximate surface area is 128 Å². The molecule has 21 heavy (non-hydrogen) atoms. The lowest BCUT2D eigenvalue weighted by Crippen LogP contribution is -2.22. The molecule has 1 aromatic heterocycles. The molecule has 116 valence electrons. The van der Waals surface area contributed by atoms with Gasteiger partial charge in [0.05, 0.1) is 6.61 Å². The zero-order valence-corrected chi connectivity index (χ0v) is 13.4. The Balaban J connectivity index is 1.86. The normalized spacial score (nSPS) is 21.5. The van der Waals surface area contributed by atoms with Crippen LogP contribution in [0.5, 0.6) is 6.01 Å². The van der Waals surface area contributed by atoms with Crippen LogP contribution in [0.2, 0.25) is 0 Å². The fourth-order valence-electron chi connectivity index (χ4n) is 2.53. The number of ether oxygens (including phenoxy) is 1. The van der Waals surface area contributed by atoms with Crippen molar-refractivity contribution in [3.63, 3.8) is 0 Å². The minimum atomic E-state index is 0.508. The summed E-state index contributed by atoms with van der Waals surface area (Å²) in [6.45, 7) is 9.01. The number of nitrogens with zero attached hydrogens (tertiary/aromatic N) is 2. The van der Waals surface area contributed by atoms with Gasteiger partial charge in [-0.2, -0.15) is 0 Å². The lowest BCUT2D eigenvalue weighted by atomic mass is 9.85. The van der Waals surface area contributed by atoms with E-state index in [1.54, 1.807) is 0 Å². The highest BCUT2D eigenvalue weighted by atomic mass is 16.5. The van der Waals surface area contributed by atoms with E-state index in [9.17, 15) is 0 Å². The fourth-order valence-corrected chi connectivity index (χ4v) is 2.53. The minimum Gasteiger partial charge on any atom is -0.463 e. The lowest BCUT2D eigenvalue weighted by Gasteiger charge is -2.24. The molecule has 1 aliphatic rings. The Kier molecular flexibility index (Phi) is 6.18. The quantitative estimate of drug-likeness (QED) is 0.618. The van der Waals surface area contributed by atoms with Gasteiger partial charge >= 0.3 is 6.01 Å². The van der Waals surface area contributed by atoms with Crippen LogP contribution in [0.4, 0.5) is 0 Å². The van der Waals surface area contributed by atoms with E-state index in [-0.39, 0.29) is 0 Å². The SMILES string of the molecule is CCCNCc1cnc(OCC2CC=CCC2C)nc1C. The maximum atomic E-state index is 5.80. The van der Waals surface area contributed by atoms with Crippen molar-refractivity contribution in [2.24, 2.45) is 11.8 Å². The molecule has 0 amide bonds. The van der Waals surface area contributed by atoms with E-state index in [0.717, 1.165) is 43.6 Å². The maximum Gasteiger partial charge on any atom is 0.316 e. The standard InChI is InChI=1S/C17H27N3O/c1-4-9-18-10-16-11-19-17(20-14(16)3)21-12-15-8-6-5-7-13(15)2/h5-6,11,13,15,18H,4,7-10,12H2,1-3H3. The molecule has 0 aliphatic heterocycles. The molecule has 2 unspecified atom stereocenters. The van der Waals surface area contributed by atoms with Gasteiger partial charge in [0.25, 0.3) is 0 Å². The Morgan fingerprint density at radius 1 is 1.33 bits per heavy atom. The van der Waals surface area contributed by atoms with Gasteiger partial charge < -0.3 is 10.1 Å². The van der Waals surface area contributed by atoms with Gasteiger partial charge in [-0.1, -0.05) is 26.0 Å². The number of aryl methyl sites for hydroxylation is 1. The molecule has 2 rings (SSSR count). The molecule has 4 heteroatoms. The van der Waals surface area contributed by atoms with Crippen molar-refractivity contribution in [2.75, 3.05) is 13.2 Å². The molecule has 0 aromatic carbocycles. The van der Waals surface area contributed by atoms with Crippen molar-refractivity contribution in [1.82, 2.24) is 15.3 Å². The first-order valence-corrected chi connectivity index (χ1v) is 8.01. The van der Waals surface area contributed by atoms with Crippen LogP contribution in [0.1, 0.15) is 44.4 Å². The Hall–Kier alpha value is -1.42. The summed E-state index contributed by atoms with van der Waals surface area (Å²) in [5.41, 5.74) is 2.14. The van der Waals surface area contributed by atoms with Crippen molar-refractivity contribution >= 4 is 0 Å². The molecule has 0 saturated heterocycles. The molecule has 0 fully saturated rings. The van der Waals surface area contributed by atoms with Crippen LogP contribution in [0.3, 0.4) is 0 Å². The van der Waals surface area contributed by atoms with E-state index < -0.39 is 0 Å². The average Bonchev–Trinajstić information content (AvgIpc) is 2.49. The van der Waals surface area contributed by atoms with E-state index in [0.29, 0.717) is 24.5 Å². The Bertz CT molecular complexity index is 473. The zero-order valence-electron chi connectivity index (χ0n) is 13.4. The largest absolute Gasteiger partial charge is 0.463 e. The van der Waals surface area contributed by atoms with Gasteiger partial charge in [-0.05, 0) is 44.6 Å². The van der Waals surface area contributed by atoms with Crippen molar-refractivity contribution in [3.05, 3.63) is 29.6 Å². The van der Waals surface area contributed by atoms with Gasteiger partial charge in [0.2, 0.25) is 0 Å². The van der Waals surface area contributed by atoms with Crippen LogP contribution in [-0.4, -0.2) is 23.1 Å². The summed E-state index contributed by atoms with van der Waals surface area (Å²) in [5.74, 6) is 1.25. The van der Waals surface area contributed by atoms with Gasteiger partial charge in [0.1, 0.15) is 0 Å². The lowest BCUT2D eigenvalue weighted by molar-refractivity contribution is 0.186. The summed E-state index contributed by atoms with van der Waals surface area (Å²) >= 11 is 0. The summed E-state index contributed by atoms with van der Waals surface area (Å²) in [6, 6.07) is 0.508. The molecule has 1 aromatic rings. The third kappa shape index (κ3) is 4.81. The molecule has 2 atom stereocenters. The van der Waals surface area contributed by atoms with Gasteiger partial charge in [-0.25, -0.2) is 9.97 Å². The van der Waals surface area contributed by atoms with E-state index >= 15 is 0 Å². The zero-order chi connectivity index (χ0) is 15.1. The van der Waals surface area contributed by atoms with Gasteiger partial charge in [-0.15, -0.1) is 0 Å². The number of hydrogen-bond donors (Lipinski definition) is 1. The fraction of sp³-hybridized carbons (Fsp3) is 0.647. The van der Waals surface area contributed by atoms with Crippen LogP contribution in [0, 0.1) is 18.8 Å². The minimum absolute atomic E-state index is 0.508. The van der Waals surface area contributed by atoms with Crippen molar-refractivity contribution in [3.8, 4) is 6.01 Å². The molecule has 1 aliphatic carbocycles. The molecule has 0 spiro atoms. The number of rotatable bonds is 7. The van der Waals surface area contributed by atoms with E-state index in [2.05, 4.69) is 41.3 Å².